The standard InChI is InChI=1S/C18H16ClF3N2O4/c1-2-28-15(25)17(27,18(20,21)22)11-3-7-13(8-4-11)23-16(26)24-14-9-5-12(19)6-10-14/h3-10,27H,2H2,1H3,(H2,23,24,26)/t17-/m1/s1. The van der Waals surface area contributed by atoms with Gasteiger partial charge in [-0.1, -0.05) is 23.7 Å². The van der Waals surface area contributed by atoms with E-state index in [2.05, 4.69) is 15.4 Å². The first kappa shape index (κ1) is 21.5. The minimum absolute atomic E-state index is 0.142. The van der Waals surface area contributed by atoms with Crippen molar-refractivity contribution in [3.63, 3.8) is 0 Å². The van der Waals surface area contributed by atoms with Gasteiger partial charge in [-0.3, -0.25) is 0 Å². The van der Waals surface area contributed by atoms with Gasteiger partial charge in [0.25, 0.3) is 5.60 Å². The van der Waals surface area contributed by atoms with Crippen molar-refractivity contribution in [2.24, 2.45) is 0 Å². The molecule has 0 radical (unpaired) electrons. The van der Waals surface area contributed by atoms with Gasteiger partial charge in [0.1, 0.15) is 0 Å². The lowest BCUT2D eigenvalue weighted by molar-refractivity contribution is -0.267. The van der Waals surface area contributed by atoms with E-state index in [1.165, 1.54) is 6.92 Å². The number of carbonyl (C=O) groups excluding carboxylic acids is 2. The number of alkyl halides is 3. The van der Waals surface area contributed by atoms with E-state index in [4.69, 9.17) is 11.6 Å². The molecule has 0 fully saturated rings. The maximum atomic E-state index is 13.3. The largest absolute Gasteiger partial charge is 0.463 e. The Balaban J connectivity index is 2.15. The van der Waals surface area contributed by atoms with Crippen molar-refractivity contribution < 1.29 is 32.6 Å². The smallest absolute Gasteiger partial charge is 0.432 e. The van der Waals surface area contributed by atoms with E-state index in [1.807, 2.05) is 0 Å². The second-order valence-electron chi connectivity index (χ2n) is 5.59. The SMILES string of the molecule is CCOC(=O)[C@](O)(c1ccc(NC(=O)Nc2ccc(Cl)cc2)cc1)C(F)(F)F. The Bertz CT molecular complexity index is 841. The van der Waals surface area contributed by atoms with Gasteiger partial charge >= 0.3 is 18.2 Å². The van der Waals surface area contributed by atoms with Crippen LogP contribution in [0.5, 0.6) is 0 Å². The third-order valence-corrected chi connectivity index (χ3v) is 3.90. The van der Waals surface area contributed by atoms with E-state index in [9.17, 15) is 27.9 Å². The summed E-state index contributed by atoms with van der Waals surface area (Å²) < 4.78 is 44.3. The van der Waals surface area contributed by atoms with Crippen LogP contribution in [0.15, 0.2) is 48.5 Å². The van der Waals surface area contributed by atoms with Gasteiger partial charge < -0.3 is 20.5 Å². The number of benzene rings is 2. The molecule has 0 heterocycles. The molecule has 28 heavy (non-hydrogen) atoms. The number of esters is 1. The van der Waals surface area contributed by atoms with Gasteiger partial charge in [-0.15, -0.1) is 0 Å². The Morgan fingerprint density at radius 3 is 1.89 bits per heavy atom. The molecule has 0 aliphatic rings. The van der Waals surface area contributed by atoms with Crippen LogP contribution < -0.4 is 10.6 Å². The van der Waals surface area contributed by atoms with E-state index in [-0.39, 0.29) is 12.3 Å². The van der Waals surface area contributed by atoms with Crippen molar-refractivity contribution in [2.45, 2.75) is 18.7 Å². The summed E-state index contributed by atoms with van der Waals surface area (Å²) in [5, 5.41) is 15.4. The van der Waals surface area contributed by atoms with Gasteiger partial charge in [-0.05, 0) is 43.3 Å². The lowest BCUT2D eigenvalue weighted by Gasteiger charge is -2.28. The second-order valence-corrected chi connectivity index (χ2v) is 6.03. The molecule has 0 aliphatic carbocycles. The number of anilines is 2. The zero-order valence-corrected chi connectivity index (χ0v) is 15.3. The molecule has 6 nitrogen and oxygen atoms in total. The zero-order valence-electron chi connectivity index (χ0n) is 14.5. The monoisotopic (exact) mass is 416 g/mol. The van der Waals surface area contributed by atoms with Crippen LogP contribution in [0.25, 0.3) is 0 Å². The first-order chi connectivity index (χ1) is 13.1. The van der Waals surface area contributed by atoms with E-state index >= 15 is 0 Å². The molecule has 0 saturated heterocycles. The van der Waals surface area contributed by atoms with Crippen molar-refractivity contribution in [3.8, 4) is 0 Å². The fourth-order valence-corrected chi connectivity index (χ4v) is 2.38. The molecule has 0 bridgehead atoms. The summed E-state index contributed by atoms with van der Waals surface area (Å²) in [6, 6.07) is 9.61. The Morgan fingerprint density at radius 1 is 1.00 bits per heavy atom. The van der Waals surface area contributed by atoms with Crippen molar-refractivity contribution in [1.82, 2.24) is 0 Å². The molecule has 2 amide bonds. The molecule has 10 heteroatoms. The highest BCUT2D eigenvalue weighted by molar-refractivity contribution is 6.30. The minimum atomic E-state index is -5.29. The van der Waals surface area contributed by atoms with Crippen LogP contribution in [0.3, 0.4) is 0 Å². The summed E-state index contributed by atoms with van der Waals surface area (Å²) >= 11 is 5.74. The van der Waals surface area contributed by atoms with Crippen molar-refractivity contribution in [1.29, 1.82) is 0 Å². The molecule has 1 atom stereocenters. The maximum Gasteiger partial charge on any atom is 0.432 e. The van der Waals surface area contributed by atoms with Gasteiger partial charge in [0.2, 0.25) is 0 Å². The second kappa shape index (κ2) is 8.49. The Morgan fingerprint density at radius 2 is 1.46 bits per heavy atom. The van der Waals surface area contributed by atoms with Crippen molar-refractivity contribution >= 4 is 35.0 Å². The van der Waals surface area contributed by atoms with Crippen molar-refractivity contribution in [2.75, 3.05) is 17.2 Å². The highest BCUT2D eigenvalue weighted by Crippen LogP contribution is 2.40. The topological polar surface area (TPSA) is 87.7 Å². The third kappa shape index (κ3) is 4.73. The number of nitrogens with one attached hydrogen (secondary N) is 2. The highest BCUT2D eigenvalue weighted by Gasteiger charge is 2.62. The predicted molar refractivity (Wildman–Crippen MR) is 97.1 cm³/mol. The van der Waals surface area contributed by atoms with Gasteiger partial charge in [0.05, 0.1) is 6.61 Å². The number of rotatable bonds is 5. The van der Waals surface area contributed by atoms with Crippen molar-refractivity contribution in [3.05, 3.63) is 59.1 Å². The molecule has 0 spiro atoms. The number of hydrogen-bond donors (Lipinski definition) is 3. The lowest BCUT2D eigenvalue weighted by Crippen LogP contribution is -2.50. The van der Waals surface area contributed by atoms with Crippen LogP contribution in [0.1, 0.15) is 12.5 Å². The Hall–Kier alpha value is -2.78. The van der Waals surface area contributed by atoms with E-state index in [1.54, 1.807) is 24.3 Å². The van der Waals surface area contributed by atoms with Crippen LogP contribution in [0, 0.1) is 0 Å². The third-order valence-electron chi connectivity index (χ3n) is 3.64. The average Bonchev–Trinajstić information content (AvgIpc) is 2.63. The predicted octanol–water partition coefficient (Wildman–Crippen LogP) is 4.30. The molecule has 2 rings (SSSR count). The molecule has 0 aromatic heterocycles. The highest BCUT2D eigenvalue weighted by atomic mass is 35.5. The van der Waals surface area contributed by atoms with Gasteiger partial charge in [-0.25, -0.2) is 9.59 Å². The fourth-order valence-electron chi connectivity index (χ4n) is 2.25. The Kier molecular flexibility index (Phi) is 6.52. The summed E-state index contributed by atoms with van der Waals surface area (Å²) in [6.07, 6.45) is -5.29. The number of hydrogen-bond acceptors (Lipinski definition) is 4. The van der Waals surface area contributed by atoms with E-state index in [0.717, 1.165) is 24.3 Å². The molecule has 2 aromatic carbocycles. The van der Waals surface area contributed by atoms with Gasteiger partial charge in [-0.2, -0.15) is 13.2 Å². The fraction of sp³-hybridized carbons (Fsp3) is 0.222. The maximum absolute atomic E-state index is 13.3. The number of ether oxygens (including phenoxy) is 1. The molecular weight excluding hydrogens is 401 g/mol. The molecule has 0 saturated carbocycles. The molecule has 0 unspecified atom stereocenters. The minimum Gasteiger partial charge on any atom is -0.463 e. The molecule has 2 aromatic rings. The summed E-state index contributed by atoms with van der Waals surface area (Å²) in [7, 11) is 0. The molecular formula is C18H16ClF3N2O4. The van der Waals surface area contributed by atoms with Gasteiger partial charge in [0.15, 0.2) is 0 Å². The van der Waals surface area contributed by atoms with E-state index < -0.39 is 29.3 Å². The quantitative estimate of drug-likeness (QED) is 0.634. The first-order valence-electron chi connectivity index (χ1n) is 7.98. The van der Waals surface area contributed by atoms with Gasteiger partial charge in [0, 0.05) is 22.0 Å². The number of carbonyl (C=O) groups is 2. The first-order valence-corrected chi connectivity index (χ1v) is 8.36. The summed E-state index contributed by atoms with van der Waals surface area (Å²) in [5.74, 6) is -1.83. The van der Waals surface area contributed by atoms with Crippen LogP contribution in [-0.4, -0.2) is 29.9 Å². The molecule has 150 valence electrons. The Labute approximate surface area is 163 Å². The lowest BCUT2D eigenvalue weighted by atomic mass is 9.93. The van der Waals surface area contributed by atoms with E-state index in [0.29, 0.717) is 10.7 Å². The normalized spacial score (nSPS) is 13.4. The molecule has 3 N–H and O–H groups in total. The van der Waals surface area contributed by atoms with Crippen LogP contribution >= 0.6 is 11.6 Å². The van der Waals surface area contributed by atoms with Crippen LogP contribution in [0.4, 0.5) is 29.3 Å². The number of amides is 2. The summed E-state index contributed by atoms with van der Waals surface area (Å²) in [5.41, 5.74) is -3.95. The van der Waals surface area contributed by atoms with Crippen LogP contribution in [-0.2, 0) is 15.1 Å². The average molecular weight is 417 g/mol. The number of urea groups is 1. The molecule has 0 aliphatic heterocycles. The number of aliphatic hydroxyl groups is 1. The van der Waals surface area contributed by atoms with Crippen LogP contribution in [0.2, 0.25) is 5.02 Å². The number of halogens is 4. The summed E-state index contributed by atoms with van der Waals surface area (Å²) in [6.45, 7) is 0.989. The zero-order chi connectivity index (χ0) is 20.9. The summed E-state index contributed by atoms with van der Waals surface area (Å²) in [4.78, 5) is 23.7.